The lowest BCUT2D eigenvalue weighted by Gasteiger charge is -2.54. The lowest BCUT2D eigenvalue weighted by Crippen LogP contribution is -2.55. The minimum Gasteiger partial charge on any atom is -0.246 e. The molecule has 2 aliphatic heterocycles. The Labute approximate surface area is 117 Å². The number of hydrogen-bond donors (Lipinski definition) is 0. The van der Waals surface area contributed by atoms with Gasteiger partial charge < -0.3 is 0 Å². The second-order valence-electron chi connectivity index (χ2n) is 6.90. The van der Waals surface area contributed by atoms with Crippen molar-refractivity contribution in [3.63, 3.8) is 0 Å². The largest absolute Gasteiger partial charge is 0.347 e. The van der Waals surface area contributed by atoms with Crippen LogP contribution in [0.15, 0.2) is 21.7 Å². The van der Waals surface area contributed by atoms with E-state index in [0.29, 0.717) is 11.8 Å². The summed E-state index contributed by atoms with van der Waals surface area (Å²) in [6.45, 7) is 4.53. The van der Waals surface area contributed by atoms with Gasteiger partial charge in [0.05, 0.1) is 12.1 Å². The first-order valence-electron chi connectivity index (χ1n) is 7.58. The van der Waals surface area contributed by atoms with Crippen molar-refractivity contribution in [2.45, 2.75) is 45.2 Å². The summed E-state index contributed by atoms with van der Waals surface area (Å²) >= 11 is 0. The fraction of sp³-hybridized carbons (Fsp3) is 0.733. The summed E-state index contributed by atoms with van der Waals surface area (Å²) in [6.07, 6.45) is 7.86. The van der Waals surface area contributed by atoms with Gasteiger partial charge in [0, 0.05) is 12.5 Å². The second-order valence-corrected chi connectivity index (χ2v) is 6.90. The van der Waals surface area contributed by atoms with E-state index in [1.165, 1.54) is 17.4 Å². The fourth-order valence-corrected chi connectivity index (χ4v) is 5.19. The van der Waals surface area contributed by atoms with E-state index in [0.717, 1.165) is 6.42 Å². The van der Waals surface area contributed by atoms with Crippen molar-refractivity contribution in [2.24, 2.45) is 24.3 Å². The molecule has 1 saturated carbocycles. The van der Waals surface area contributed by atoms with Crippen LogP contribution < -0.4 is 11.4 Å². The predicted molar refractivity (Wildman–Crippen MR) is 75.8 cm³/mol. The molecule has 1 aromatic rings. The molecule has 1 aromatic heterocycles. The zero-order chi connectivity index (χ0) is 14.2. The molecule has 4 unspecified atom stereocenters. The Morgan fingerprint density at radius 2 is 1.90 bits per heavy atom. The van der Waals surface area contributed by atoms with E-state index < -0.39 is 0 Å². The molecule has 0 saturated heterocycles. The van der Waals surface area contributed by atoms with Crippen molar-refractivity contribution < 1.29 is 0 Å². The first-order valence-corrected chi connectivity index (χ1v) is 7.58. The number of rotatable bonds is 1. The Morgan fingerprint density at radius 3 is 2.60 bits per heavy atom. The number of aromatic nitrogens is 3. The Bertz CT molecular complexity index is 720. The summed E-state index contributed by atoms with van der Waals surface area (Å²) in [4.78, 5) is 24.8. The Morgan fingerprint density at radius 1 is 1.20 bits per heavy atom. The molecule has 20 heavy (non-hydrogen) atoms. The first kappa shape index (κ1) is 12.2. The lowest BCUT2D eigenvalue weighted by atomic mass is 9.59. The van der Waals surface area contributed by atoms with Crippen LogP contribution in [0.4, 0.5) is 0 Å². The first-order chi connectivity index (χ1) is 9.50. The maximum Gasteiger partial charge on any atom is 0.347 e. The van der Waals surface area contributed by atoms with Gasteiger partial charge in [-0.05, 0) is 24.7 Å². The van der Waals surface area contributed by atoms with Crippen LogP contribution >= 0.6 is 0 Å². The molecule has 4 aliphatic rings. The number of hydrogen-bond acceptors (Lipinski definition) is 2. The smallest absolute Gasteiger partial charge is 0.246 e. The molecule has 1 fully saturated rings. The Balaban J connectivity index is 2.06. The maximum absolute atomic E-state index is 12.4. The van der Waals surface area contributed by atoms with Gasteiger partial charge in [-0.3, -0.25) is 0 Å². The molecule has 0 N–H and O–H groups in total. The lowest BCUT2D eigenvalue weighted by molar-refractivity contribution is -0.0189. The van der Waals surface area contributed by atoms with Gasteiger partial charge in [0.15, 0.2) is 0 Å². The molecule has 2 aliphatic carbocycles. The van der Waals surface area contributed by atoms with Crippen molar-refractivity contribution in [3.05, 3.63) is 33.1 Å². The quantitative estimate of drug-likeness (QED) is 0.728. The van der Waals surface area contributed by atoms with Crippen LogP contribution in [0.1, 0.15) is 45.2 Å². The summed E-state index contributed by atoms with van der Waals surface area (Å²) in [5.74, 6) is 1.01. The van der Waals surface area contributed by atoms with Crippen molar-refractivity contribution >= 4 is 0 Å². The van der Waals surface area contributed by atoms with E-state index in [1.54, 1.807) is 16.4 Å². The molecule has 5 nitrogen and oxygen atoms in total. The number of nitrogens with zero attached hydrogens (tertiary/aromatic N) is 3. The summed E-state index contributed by atoms with van der Waals surface area (Å²) in [6, 6.07) is 0.104. The predicted octanol–water partition coefficient (Wildman–Crippen LogP) is 1.46. The third-order valence-corrected chi connectivity index (χ3v) is 6.09. The second kappa shape index (κ2) is 3.57. The van der Waals surface area contributed by atoms with Gasteiger partial charge in [-0.25, -0.2) is 23.5 Å². The molecular formula is C15H21N3O2. The summed E-state index contributed by atoms with van der Waals surface area (Å²) in [5.41, 5.74) is -0.185. The SMILES string of the molecule is CC(C)C12CCCC1C1C=CC2n2c(=O)n(C)c(=O)n21. The normalized spacial score (nSPS) is 37.5. The van der Waals surface area contributed by atoms with Crippen molar-refractivity contribution in [2.75, 3.05) is 0 Å². The Kier molecular flexibility index (Phi) is 2.18. The van der Waals surface area contributed by atoms with E-state index in [4.69, 9.17) is 0 Å². The standard InChI is InChI=1S/C15H21N3O2/c1-9(2)15-8-4-5-10(15)11-6-7-12(15)18-14(20)16(3)13(19)17(11)18/h6-7,9-12H,4-5,8H2,1-3H3. The molecule has 0 spiro atoms. The zero-order valence-electron chi connectivity index (χ0n) is 12.2. The molecule has 0 amide bonds. The van der Waals surface area contributed by atoms with Crippen LogP contribution in [0.5, 0.6) is 0 Å². The molecule has 108 valence electrons. The van der Waals surface area contributed by atoms with Gasteiger partial charge in [0.1, 0.15) is 0 Å². The van der Waals surface area contributed by atoms with E-state index in [1.807, 2.05) is 0 Å². The van der Waals surface area contributed by atoms with E-state index in [9.17, 15) is 9.59 Å². The highest BCUT2D eigenvalue weighted by Gasteiger charge is 2.59. The van der Waals surface area contributed by atoms with Crippen molar-refractivity contribution in [1.29, 1.82) is 0 Å². The molecule has 4 atom stereocenters. The van der Waals surface area contributed by atoms with E-state index in [2.05, 4.69) is 26.0 Å². The van der Waals surface area contributed by atoms with Crippen LogP contribution in [0, 0.1) is 17.3 Å². The third-order valence-electron chi connectivity index (χ3n) is 6.09. The highest BCUT2D eigenvalue weighted by atomic mass is 16.2. The van der Waals surface area contributed by atoms with Gasteiger partial charge >= 0.3 is 11.4 Å². The van der Waals surface area contributed by atoms with Crippen LogP contribution in [-0.2, 0) is 7.05 Å². The van der Waals surface area contributed by atoms with Crippen LogP contribution in [-0.4, -0.2) is 13.9 Å². The molecule has 3 heterocycles. The topological polar surface area (TPSA) is 48.9 Å². The zero-order valence-corrected chi connectivity index (χ0v) is 12.2. The van der Waals surface area contributed by atoms with Gasteiger partial charge in [-0.15, -0.1) is 0 Å². The van der Waals surface area contributed by atoms with Gasteiger partial charge in [-0.1, -0.05) is 32.4 Å². The summed E-state index contributed by atoms with van der Waals surface area (Å²) < 4.78 is 4.69. The Hall–Kier alpha value is -1.52. The molecule has 0 radical (unpaired) electrons. The fourth-order valence-electron chi connectivity index (χ4n) is 5.19. The van der Waals surface area contributed by atoms with Gasteiger partial charge in [0.25, 0.3) is 0 Å². The maximum atomic E-state index is 12.4. The molecule has 0 aromatic carbocycles. The number of allylic oxidation sites excluding steroid dienone is 2. The van der Waals surface area contributed by atoms with Crippen molar-refractivity contribution in [3.8, 4) is 0 Å². The van der Waals surface area contributed by atoms with Crippen LogP contribution in [0.3, 0.4) is 0 Å². The summed E-state index contributed by atoms with van der Waals surface area (Å²) in [5, 5.41) is 0. The minimum absolute atomic E-state index is 0.0430. The third kappa shape index (κ3) is 1.08. The van der Waals surface area contributed by atoms with Crippen LogP contribution in [0.25, 0.3) is 0 Å². The average molecular weight is 275 g/mol. The monoisotopic (exact) mass is 275 g/mol. The van der Waals surface area contributed by atoms with E-state index >= 15 is 0 Å². The van der Waals surface area contributed by atoms with Crippen molar-refractivity contribution in [1.82, 2.24) is 13.9 Å². The molecule has 2 bridgehead atoms. The molecule has 5 heteroatoms. The van der Waals surface area contributed by atoms with Gasteiger partial charge in [0.2, 0.25) is 0 Å². The van der Waals surface area contributed by atoms with Gasteiger partial charge in [-0.2, -0.15) is 0 Å². The van der Waals surface area contributed by atoms with E-state index in [-0.39, 0.29) is 28.9 Å². The minimum atomic E-state index is -0.168. The molecule has 5 rings (SSSR count). The molecular weight excluding hydrogens is 254 g/mol. The van der Waals surface area contributed by atoms with Crippen LogP contribution in [0.2, 0.25) is 0 Å². The highest BCUT2D eigenvalue weighted by molar-refractivity contribution is 5.21. The summed E-state index contributed by atoms with van der Waals surface area (Å²) in [7, 11) is 1.58. The highest BCUT2D eigenvalue weighted by Crippen LogP contribution is 2.63. The average Bonchev–Trinajstić information content (AvgIpc) is 2.99.